The van der Waals surface area contributed by atoms with Gasteiger partial charge in [-0.2, -0.15) is 0 Å². The zero-order valence-electron chi connectivity index (χ0n) is 9.83. The third-order valence-corrected chi connectivity index (χ3v) is 5.74. The number of nitrogens with one attached hydrogen (secondary N) is 1. The van der Waals surface area contributed by atoms with Crippen LogP contribution in [0.1, 0.15) is 18.4 Å². The zero-order chi connectivity index (χ0) is 13.2. The van der Waals surface area contributed by atoms with Gasteiger partial charge in [-0.05, 0) is 24.5 Å². The van der Waals surface area contributed by atoms with Crippen LogP contribution >= 0.6 is 23.2 Å². The van der Waals surface area contributed by atoms with E-state index in [-0.39, 0.29) is 17.5 Å². The van der Waals surface area contributed by atoms with Gasteiger partial charge in [0.05, 0.1) is 21.6 Å². The first-order valence-electron chi connectivity index (χ1n) is 5.84. The molecule has 1 saturated heterocycles. The summed E-state index contributed by atoms with van der Waals surface area (Å²) in [5, 5.41) is 4.44. The van der Waals surface area contributed by atoms with Crippen LogP contribution in [0.4, 0.5) is 0 Å². The van der Waals surface area contributed by atoms with Crippen LogP contribution < -0.4 is 5.32 Å². The predicted molar refractivity (Wildman–Crippen MR) is 75.0 cm³/mol. The quantitative estimate of drug-likeness (QED) is 0.934. The van der Waals surface area contributed by atoms with Crippen molar-refractivity contribution in [2.24, 2.45) is 0 Å². The summed E-state index contributed by atoms with van der Waals surface area (Å²) in [6.07, 6.45) is 1.33. The smallest absolute Gasteiger partial charge is 0.150 e. The van der Waals surface area contributed by atoms with E-state index in [1.54, 1.807) is 6.07 Å². The molecule has 1 N–H and O–H groups in total. The van der Waals surface area contributed by atoms with Crippen molar-refractivity contribution in [1.82, 2.24) is 5.32 Å². The van der Waals surface area contributed by atoms with E-state index in [0.29, 0.717) is 29.4 Å². The number of halogens is 2. The maximum Gasteiger partial charge on any atom is 0.150 e. The highest BCUT2D eigenvalue weighted by atomic mass is 35.5. The van der Waals surface area contributed by atoms with E-state index in [0.717, 1.165) is 5.56 Å². The van der Waals surface area contributed by atoms with Gasteiger partial charge in [-0.3, -0.25) is 0 Å². The fraction of sp³-hybridized carbons (Fsp3) is 0.500. The summed E-state index contributed by atoms with van der Waals surface area (Å²) in [5.74, 6) is 0.544. The Morgan fingerprint density at radius 2 is 1.89 bits per heavy atom. The molecule has 0 amide bonds. The van der Waals surface area contributed by atoms with Gasteiger partial charge in [0.1, 0.15) is 9.84 Å². The maximum absolute atomic E-state index is 11.3. The van der Waals surface area contributed by atoms with Crippen molar-refractivity contribution < 1.29 is 8.42 Å². The van der Waals surface area contributed by atoms with Crippen molar-refractivity contribution in [3.05, 3.63) is 33.8 Å². The number of rotatable bonds is 3. The molecule has 2 rings (SSSR count). The van der Waals surface area contributed by atoms with E-state index in [9.17, 15) is 8.42 Å². The molecule has 0 saturated carbocycles. The molecule has 0 aromatic heterocycles. The SMILES string of the molecule is O=S1(=O)CCC(NCc2cccc(Cl)c2Cl)CC1. The zero-order valence-corrected chi connectivity index (χ0v) is 12.2. The second-order valence-electron chi connectivity index (χ2n) is 4.52. The molecular formula is C12H15Cl2NO2S. The summed E-state index contributed by atoms with van der Waals surface area (Å²) in [6.45, 7) is 0.615. The van der Waals surface area contributed by atoms with Gasteiger partial charge >= 0.3 is 0 Å². The Morgan fingerprint density at radius 1 is 1.22 bits per heavy atom. The van der Waals surface area contributed by atoms with E-state index in [1.165, 1.54) is 0 Å². The largest absolute Gasteiger partial charge is 0.310 e. The molecule has 1 heterocycles. The summed E-state index contributed by atoms with van der Waals surface area (Å²) >= 11 is 12.0. The molecule has 1 aliphatic rings. The van der Waals surface area contributed by atoms with Crippen molar-refractivity contribution in [2.75, 3.05) is 11.5 Å². The Labute approximate surface area is 117 Å². The molecule has 1 aliphatic heterocycles. The van der Waals surface area contributed by atoms with Gasteiger partial charge in [-0.15, -0.1) is 0 Å². The lowest BCUT2D eigenvalue weighted by atomic mass is 10.1. The first-order valence-corrected chi connectivity index (χ1v) is 8.42. The number of hydrogen-bond donors (Lipinski definition) is 1. The van der Waals surface area contributed by atoms with Crippen LogP contribution in [0.5, 0.6) is 0 Å². The summed E-state index contributed by atoms with van der Waals surface area (Å²) < 4.78 is 22.6. The third-order valence-electron chi connectivity index (χ3n) is 3.17. The molecular weight excluding hydrogens is 293 g/mol. The fourth-order valence-electron chi connectivity index (χ4n) is 2.03. The van der Waals surface area contributed by atoms with E-state index in [4.69, 9.17) is 23.2 Å². The Balaban J connectivity index is 1.91. The second kappa shape index (κ2) is 5.78. The first-order chi connectivity index (χ1) is 8.48. The Morgan fingerprint density at radius 3 is 2.56 bits per heavy atom. The molecule has 100 valence electrons. The first kappa shape index (κ1) is 14.1. The fourth-order valence-corrected chi connectivity index (χ4v) is 3.91. The van der Waals surface area contributed by atoms with Crippen LogP contribution in [0.15, 0.2) is 18.2 Å². The standard InChI is InChI=1S/C12H15Cl2NO2S/c13-11-3-1-2-9(12(11)14)8-15-10-4-6-18(16,17)7-5-10/h1-3,10,15H,4-8H2. The van der Waals surface area contributed by atoms with Crippen molar-refractivity contribution in [2.45, 2.75) is 25.4 Å². The number of hydrogen-bond acceptors (Lipinski definition) is 3. The van der Waals surface area contributed by atoms with E-state index in [2.05, 4.69) is 5.32 Å². The van der Waals surface area contributed by atoms with Gasteiger partial charge in [-0.25, -0.2) is 8.42 Å². The van der Waals surface area contributed by atoms with E-state index < -0.39 is 9.84 Å². The predicted octanol–water partition coefficient (Wildman–Crippen LogP) is 2.66. The van der Waals surface area contributed by atoms with Gasteiger partial charge in [0.25, 0.3) is 0 Å². The molecule has 0 radical (unpaired) electrons. The lowest BCUT2D eigenvalue weighted by Crippen LogP contribution is -2.37. The lowest BCUT2D eigenvalue weighted by Gasteiger charge is -2.23. The van der Waals surface area contributed by atoms with Gasteiger partial charge in [-0.1, -0.05) is 35.3 Å². The molecule has 0 bridgehead atoms. The van der Waals surface area contributed by atoms with E-state index >= 15 is 0 Å². The molecule has 0 unspecified atom stereocenters. The van der Waals surface area contributed by atoms with Crippen molar-refractivity contribution in [3.63, 3.8) is 0 Å². The third kappa shape index (κ3) is 3.60. The normalized spacial score (nSPS) is 19.9. The number of sulfone groups is 1. The summed E-state index contributed by atoms with van der Waals surface area (Å²) in [4.78, 5) is 0. The minimum atomic E-state index is -2.80. The molecule has 1 aromatic carbocycles. The minimum Gasteiger partial charge on any atom is -0.310 e. The van der Waals surface area contributed by atoms with Crippen LogP contribution in [0.2, 0.25) is 10.0 Å². The molecule has 1 fully saturated rings. The van der Waals surface area contributed by atoms with Crippen molar-refractivity contribution in [1.29, 1.82) is 0 Å². The van der Waals surface area contributed by atoms with Crippen LogP contribution in [-0.4, -0.2) is 26.0 Å². The van der Waals surface area contributed by atoms with Crippen molar-refractivity contribution >= 4 is 33.0 Å². The molecule has 3 nitrogen and oxygen atoms in total. The highest BCUT2D eigenvalue weighted by Crippen LogP contribution is 2.25. The highest BCUT2D eigenvalue weighted by molar-refractivity contribution is 7.91. The Bertz CT molecular complexity index is 517. The number of benzene rings is 1. The van der Waals surface area contributed by atoms with Gasteiger partial charge in [0.15, 0.2) is 0 Å². The monoisotopic (exact) mass is 307 g/mol. The Kier molecular flexibility index (Phi) is 4.54. The Hall–Kier alpha value is -0.290. The molecule has 0 atom stereocenters. The van der Waals surface area contributed by atoms with Crippen LogP contribution in [0.25, 0.3) is 0 Å². The summed E-state index contributed by atoms with van der Waals surface area (Å²) in [7, 11) is -2.80. The van der Waals surface area contributed by atoms with Gasteiger partial charge in [0.2, 0.25) is 0 Å². The molecule has 18 heavy (non-hydrogen) atoms. The maximum atomic E-state index is 11.3. The highest BCUT2D eigenvalue weighted by Gasteiger charge is 2.23. The average Bonchev–Trinajstić information content (AvgIpc) is 2.33. The lowest BCUT2D eigenvalue weighted by molar-refractivity contribution is 0.463. The summed E-state index contributed by atoms with van der Waals surface area (Å²) in [5.41, 5.74) is 0.942. The van der Waals surface area contributed by atoms with Crippen LogP contribution in [0, 0.1) is 0 Å². The van der Waals surface area contributed by atoms with Gasteiger partial charge in [0, 0.05) is 12.6 Å². The molecule has 0 aliphatic carbocycles. The van der Waals surface area contributed by atoms with Gasteiger partial charge < -0.3 is 5.32 Å². The minimum absolute atomic E-state index is 0.239. The second-order valence-corrected chi connectivity index (χ2v) is 7.61. The average molecular weight is 308 g/mol. The van der Waals surface area contributed by atoms with Crippen molar-refractivity contribution in [3.8, 4) is 0 Å². The van der Waals surface area contributed by atoms with Crippen LogP contribution in [0.3, 0.4) is 0 Å². The van der Waals surface area contributed by atoms with E-state index in [1.807, 2.05) is 12.1 Å². The topological polar surface area (TPSA) is 46.2 Å². The molecule has 0 spiro atoms. The van der Waals surface area contributed by atoms with Crippen LogP contribution in [-0.2, 0) is 16.4 Å². The summed E-state index contributed by atoms with van der Waals surface area (Å²) in [6, 6.07) is 5.77. The molecule has 1 aromatic rings. The molecule has 6 heteroatoms.